The molecule has 1 aliphatic heterocycles. The van der Waals surface area contributed by atoms with Gasteiger partial charge in [-0.05, 0) is 19.1 Å². The lowest BCUT2D eigenvalue weighted by molar-refractivity contribution is -0.0784. The number of pyridine rings is 1. The van der Waals surface area contributed by atoms with Crippen LogP contribution in [0.25, 0.3) is 5.65 Å². The van der Waals surface area contributed by atoms with E-state index in [1.54, 1.807) is 12.3 Å². The van der Waals surface area contributed by atoms with Gasteiger partial charge in [-0.15, -0.1) is 11.8 Å². The van der Waals surface area contributed by atoms with Gasteiger partial charge in [-0.3, -0.25) is 0 Å². The van der Waals surface area contributed by atoms with Crippen LogP contribution in [0.1, 0.15) is 5.69 Å². The summed E-state index contributed by atoms with van der Waals surface area (Å²) in [4.78, 5) is 4.28. The van der Waals surface area contributed by atoms with Crippen molar-refractivity contribution in [2.24, 2.45) is 0 Å². The molecule has 0 spiro atoms. The van der Waals surface area contributed by atoms with E-state index in [4.69, 9.17) is 4.74 Å². The lowest BCUT2D eigenvalue weighted by Gasteiger charge is -2.34. The van der Waals surface area contributed by atoms with Gasteiger partial charge in [0, 0.05) is 23.8 Å². The molecular formula is C13H16N2O4S. The van der Waals surface area contributed by atoms with Gasteiger partial charge < -0.3 is 24.5 Å². The minimum Gasteiger partial charge on any atom is -0.473 e. The van der Waals surface area contributed by atoms with Crippen LogP contribution >= 0.6 is 11.8 Å². The lowest BCUT2D eigenvalue weighted by Crippen LogP contribution is -2.50. The summed E-state index contributed by atoms with van der Waals surface area (Å²) >= 11 is 1.27. The molecule has 4 atom stereocenters. The van der Waals surface area contributed by atoms with Crippen molar-refractivity contribution in [1.82, 2.24) is 9.38 Å². The Balaban J connectivity index is 1.86. The van der Waals surface area contributed by atoms with Crippen LogP contribution in [0.3, 0.4) is 0 Å². The molecule has 0 aliphatic carbocycles. The van der Waals surface area contributed by atoms with Gasteiger partial charge in [-0.2, -0.15) is 0 Å². The van der Waals surface area contributed by atoms with Crippen molar-refractivity contribution in [2.75, 3.05) is 5.75 Å². The molecule has 0 aromatic carbocycles. The summed E-state index contributed by atoms with van der Waals surface area (Å²) in [5.74, 6) is 0.861. The van der Waals surface area contributed by atoms with E-state index in [1.807, 2.05) is 23.6 Å². The maximum atomic E-state index is 9.96. The molecule has 6 nitrogen and oxygen atoms in total. The Labute approximate surface area is 120 Å². The third-order valence-electron chi connectivity index (χ3n) is 3.38. The van der Waals surface area contributed by atoms with E-state index in [-0.39, 0.29) is 0 Å². The van der Waals surface area contributed by atoms with E-state index >= 15 is 0 Å². The zero-order chi connectivity index (χ0) is 14.3. The van der Waals surface area contributed by atoms with E-state index in [0.717, 1.165) is 5.69 Å². The summed E-state index contributed by atoms with van der Waals surface area (Å²) in [7, 11) is 0. The zero-order valence-corrected chi connectivity index (χ0v) is 11.7. The number of ether oxygens (including phenoxy) is 1. The van der Waals surface area contributed by atoms with Crippen LogP contribution < -0.4 is 4.74 Å². The van der Waals surface area contributed by atoms with Crippen LogP contribution in [-0.2, 0) is 0 Å². The minimum absolute atomic E-state index is 0.319. The van der Waals surface area contributed by atoms with Crippen molar-refractivity contribution in [3.05, 3.63) is 30.2 Å². The molecule has 1 fully saturated rings. The first-order valence-electron chi connectivity index (χ1n) is 6.33. The molecule has 0 amide bonds. The number of nitrogens with zero attached hydrogens (tertiary/aromatic N) is 2. The Bertz CT molecular complexity index is 617. The van der Waals surface area contributed by atoms with Gasteiger partial charge in [0.25, 0.3) is 0 Å². The van der Waals surface area contributed by atoms with Crippen molar-refractivity contribution < 1.29 is 20.1 Å². The average Bonchev–Trinajstić information content (AvgIpc) is 2.82. The average molecular weight is 296 g/mol. The Morgan fingerprint density at radius 2 is 2.15 bits per heavy atom. The summed E-state index contributed by atoms with van der Waals surface area (Å²) in [6.45, 7) is 1.94. The molecule has 0 bridgehead atoms. The Hall–Kier alpha value is -1.28. The molecule has 7 heteroatoms. The predicted molar refractivity (Wildman–Crippen MR) is 74.8 cm³/mol. The highest BCUT2D eigenvalue weighted by Gasteiger charge is 2.38. The third kappa shape index (κ3) is 2.26. The standard InChI is InChI=1S/C13H16N2O4S/c1-7-5-14-12-9(3-2-4-15(7)12)19-13-11(18)10(17)8(16)6-20-13/h2-5,8,10-11,13,16-18H,6H2,1H3/t8-,10+,11-,13+/m1/s1. The minimum atomic E-state index is -1.19. The van der Waals surface area contributed by atoms with Crippen molar-refractivity contribution in [3.8, 4) is 5.75 Å². The topological polar surface area (TPSA) is 87.2 Å². The first-order valence-corrected chi connectivity index (χ1v) is 7.38. The first kappa shape index (κ1) is 13.7. The van der Waals surface area contributed by atoms with Gasteiger partial charge in [-0.25, -0.2) is 4.98 Å². The molecule has 0 radical (unpaired) electrons. The Morgan fingerprint density at radius 1 is 1.35 bits per heavy atom. The maximum absolute atomic E-state index is 9.96. The molecule has 108 valence electrons. The smallest absolute Gasteiger partial charge is 0.179 e. The second-order valence-corrected chi connectivity index (χ2v) is 5.97. The van der Waals surface area contributed by atoms with Gasteiger partial charge in [0.1, 0.15) is 12.2 Å². The van der Waals surface area contributed by atoms with E-state index in [2.05, 4.69) is 4.98 Å². The van der Waals surface area contributed by atoms with Gasteiger partial charge in [-0.1, -0.05) is 0 Å². The van der Waals surface area contributed by atoms with E-state index in [1.165, 1.54) is 11.8 Å². The number of aliphatic hydroxyl groups excluding tert-OH is 3. The van der Waals surface area contributed by atoms with E-state index in [0.29, 0.717) is 17.1 Å². The largest absolute Gasteiger partial charge is 0.473 e. The number of rotatable bonds is 2. The SMILES string of the molecule is Cc1cnc2c(O[C@H]3SC[C@@H](O)[C@H](O)[C@H]3O)cccn12. The number of thioether (sulfide) groups is 1. The number of aliphatic hydroxyl groups is 3. The number of hydrogen-bond donors (Lipinski definition) is 3. The summed E-state index contributed by atoms with van der Waals surface area (Å²) in [6, 6.07) is 3.61. The lowest BCUT2D eigenvalue weighted by atomic mass is 10.1. The first-order chi connectivity index (χ1) is 9.58. The normalized spacial score (nSPS) is 30.6. The summed E-state index contributed by atoms with van der Waals surface area (Å²) in [5, 5.41) is 29.2. The van der Waals surface area contributed by atoms with Crippen LogP contribution in [0.2, 0.25) is 0 Å². The second kappa shape index (κ2) is 5.25. The molecule has 2 aromatic heterocycles. The molecule has 0 saturated carbocycles. The molecule has 1 saturated heterocycles. The molecule has 2 aromatic rings. The van der Waals surface area contributed by atoms with Gasteiger partial charge >= 0.3 is 0 Å². The molecule has 20 heavy (non-hydrogen) atoms. The van der Waals surface area contributed by atoms with Crippen LogP contribution in [0, 0.1) is 6.92 Å². The van der Waals surface area contributed by atoms with Crippen molar-refractivity contribution in [3.63, 3.8) is 0 Å². The molecule has 1 aliphatic rings. The van der Waals surface area contributed by atoms with Gasteiger partial charge in [0.2, 0.25) is 0 Å². The highest BCUT2D eigenvalue weighted by Crippen LogP contribution is 2.30. The molecule has 3 rings (SSSR count). The number of imidazole rings is 1. The summed E-state index contributed by atoms with van der Waals surface area (Å²) in [5.41, 5.74) is 1.02. The van der Waals surface area contributed by atoms with Crippen LogP contribution in [0.15, 0.2) is 24.5 Å². The number of aryl methyl sites for hydroxylation is 1. The van der Waals surface area contributed by atoms with Gasteiger partial charge in [0.15, 0.2) is 16.8 Å². The number of hydrogen-bond acceptors (Lipinski definition) is 6. The monoisotopic (exact) mass is 296 g/mol. The summed E-state index contributed by atoms with van der Waals surface area (Å²) in [6.07, 6.45) is 0.362. The quantitative estimate of drug-likeness (QED) is 0.733. The van der Waals surface area contributed by atoms with E-state index in [9.17, 15) is 15.3 Å². The molecular weight excluding hydrogens is 280 g/mol. The van der Waals surface area contributed by atoms with Crippen LogP contribution in [-0.4, -0.2) is 54.2 Å². The summed E-state index contributed by atoms with van der Waals surface area (Å²) < 4.78 is 7.66. The Kier molecular flexibility index (Phi) is 3.59. The van der Waals surface area contributed by atoms with Crippen molar-refractivity contribution >= 4 is 17.4 Å². The predicted octanol–water partition coefficient (Wildman–Crippen LogP) is 0.177. The number of fused-ring (bicyclic) bond motifs is 1. The van der Waals surface area contributed by atoms with E-state index < -0.39 is 23.7 Å². The fraction of sp³-hybridized carbons (Fsp3) is 0.462. The molecule has 0 unspecified atom stereocenters. The van der Waals surface area contributed by atoms with Crippen molar-refractivity contribution in [1.29, 1.82) is 0 Å². The Morgan fingerprint density at radius 3 is 2.95 bits per heavy atom. The second-order valence-electron chi connectivity index (χ2n) is 4.83. The third-order valence-corrected chi connectivity index (χ3v) is 4.62. The highest BCUT2D eigenvalue weighted by atomic mass is 32.2. The van der Waals surface area contributed by atoms with Crippen LogP contribution in [0.4, 0.5) is 0 Å². The van der Waals surface area contributed by atoms with Crippen molar-refractivity contribution in [2.45, 2.75) is 30.7 Å². The molecule has 3 heterocycles. The fourth-order valence-electron chi connectivity index (χ4n) is 2.21. The fourth-order valence-corrected chi connectivity index (χ4v) is 3.32. The number of aromatic nitrogens is 2. The maximum Gasteiger partial charge on any atom is 0.179 e. The van der Waals surface area contributed by atoms with Crippen LogP contribution in [0.5, 0.6) is 5.75 Å². The molecule has 3 N–H and O–H groups in total. The highest BCUT2D eigenvalue weighted by molar-refractivity contribution is 7.99. The zero-order valence-electron chi connectivity index (χ0n) is 10.9. The van der Waals surface area contributed by atoms with Gasteiger partial charge in [0.05, 0.1) is 6.10 Å².